The maximum Gasteiger partial charge on any atom is 0.260 e. The van der Waals surface area contributed by atoms with Gasteiger partial charge in [0, 0.05) is 18.4 Å². The highest BCUT2D eigenvalue weighted by atomic mass is 16.7. The molecule has 3 rings (SSSR count). The highest BCUT2D eigenvalue weighted by molar-refractivity contribution is 5.81. The Morgan fingerprint density at radius 1 is 1.29 bits per heavy atom. The lowest BCUT2D eigenvalue weighted by molar-refractivity contribution is -0.291. The van der Waals surface area contributed by atoms with E-state index in [0.29, 0.717) is 39.3 Å². The van der Waals surface area contributed by atoms with E-state index in [1.807, 2.05) is 29.2 Å². The van der Waals surface area contributed by atoms with Gasteiger partial charge < -0.3 is 14.2 Å². The van der Waals surface area contributed by atoms with Crippen molar-refractivity contribution in [3.63, 3.8) is 0 Å². The van der Waals surface area contributed by atoms with Gasteiger partial charge in [-0.3, -0.25) is 14.9 Å². The molecule has 156 valence electrons. The fourth-order valence-corrected chi connectivity index (χ4v) is 3.61. The van der Waals surface area contributed by atoms with Crippen LogP contribution in [0.3, 0.4) is 0 Å². The van der Waals surface area contributed by atoms with Gasteiger partial charge in [-0.25, -0.2) is 5.48 Å². The molecule has 1 amide bonds. The molecule has 1 spiro atoms. The summed E-state index contributed by atoms with van der Waals surface area (Å²) in [5, 5.41) is 9.16. The number of benzene rings is 1. The highest BCUT2D eigenvalue weighted by Crippen LogP contribution is 2.39. The van der Waals surface area contributed by atoms with Crippen LogP contribution in [0.15, 0.2) is 24.3 Å². The largest absolute Gasteiger partial charge is 0.494 e. The highest BCUT2D eigenvalue weighted by Gasteiger charge is 2.51. The second kappa shape index (κ2) is 8.78. The number of amides is 1. The number of ether oxygens (including phenoxy) is 3. The predicted octanol–water partition coefficient (Wildman–Crippen LogP) is 2.71. The number of nitrogens with zero attached hydrogens (tertiary/aromatic N) is 1. The molecule has 0 unspecified atom stereocenters. The van der Waals surface area contributed by atoms with Gasteiger partial charge in [-0.2, -0.15) is 0 Å². The summed E-state index contributed by atoms with van der Waals surface area (Å²) >= 11 is 0. The van der Waals surface area contributed by atoms with Gasteiger partial charge in [0.25, 0.3) is 5.91 Å². The van der Waals surface area contributed by atoms with Crippen molar-refractivity contribution < 1.29 is 24.2 Å². The Bertz CT molecular complexity index is 651. The summed E-state index contributed by atoms with van der Waals surface area (Å²) in [6.07, 6.45) is 2.53. The third-order valence-electron chi connectivity index (χ3n) is 5.33. The first-order valence-electron chi connectivity index (χ1n) is 10.0. The van der Waals surface area contributed by atoms with Gasteiger partial charge in [0.2, 0.25) is 0 Å². The Morgan fingerprint density at radius 2 is 1.96 bits per heavy atom. The molecule has 2 heterocycles. The molecule has 2 N–H and O–H groups in total. The number of hydrogen-bond donors (Lipinski definition) is 2. The number of hydrogen-bond acceptors (Lipinski definition) is 6. The first-order chi connectivity index (χ1) is 13.4. The number of nitrogens with one attached hydrogen (secondary N) is 1. The first-order valence-corrected chi connectivity index (χ1v) is 10.0. The van der Waals surface area contributed by atoms with E-state index >= 15 is 0 Å². The predicted molar refractivity (Wildman–Crippen MR) is 104 cm³/mol. The monoisotopic (exact) mass is 392 g/mol. The summed E-state index contributed by atoms with van der Waals surface area (Å²) in [4.78, 5) is 14.2. The van der Waals surface area contributed by atoms with Crippen LogP contribution in [-0.2, 0) is 20.8 Å². The SMILES string of the molecule is CCCCOc1ccc(CN2CC3(C[C@@H]2C(=O)NO)OCC(C)(C)CO3)cc1. The van der Waals surface area contributed by atoms with E-state index in [0.717, 1.165) is 24.2 Å². The Labute approximate surface area is 166 Å². The number of likely N-dealkylation sites (tertiary alicyclic amines) is 1. The second-order valence-corrected chi connectivity index (χ2v) is 8.60. The summed E-state index contributed by atoms with van der Waals surface area (Å²) in [6.45, 7) is 9.24. The normalized spacial score (nSPS) is 23.6. The molecule has 0 bridgehead atoms. The molecule has 2 fully saturated rings. The minimum absolute atomic E-state index is 0.0407. The maximum atomic E-state index is 12.2. The van der Waals surface area contributed by atoms with Crippen molar-refractivity contribution in [1.29, 1.82) is 0 Å². The van der Waals surface area contributed by atoms with Gasteiger partial charge >= 0.3 is 0 Å². The van der Waals surface area contributed by atoms with Gasteiger partial charge in [0.15, 0.2) is 5.79 Å². The molecule has 1 aromatic rings. The van der Waals surface area contributed by atoms with E-state index in [4.69, 9.17) is 19.4 Å². The number of hydroxylamine groups is 1. The first kappa shape index (κ1) is 21.0. The van der Waals surface area contributed by atoms with Crippen molar-refractivity contribution in [2.24, 2.45) is 5.41 Å². The third-order valence-corrected chi connectivity index (χ3v) is 5.33. The zero-order chi connectivity index (χ0) is 20.2. The molecule has 7 heteroatoms. The molecular formula is C21H32N2O5. The van der Waals surface area contributed by atoms with Crippen LogP contribution in [0, 0.1) is 5.41 Å². The molecule has 2 aliphatic heterocycles. The summed E-state index contributed by atoms with van der Waals surface area (Å²) in [7, 11) is 0. The Kier molecular flexibility index (Phi) is 6.60. The molecule has 2 saturated heterocycles. The molecule has 0 saturated carbocycles. The number of rotatable bonds is 7. The smallest absolute Gasteiger partial charge is 0.260 e. The van der Waals surface area contributed by atoms with E-state index < -0.39 is 17.7 Å². The van der Waals surface area contributed by atoms with E-state index in [2.05, 4.69) is 20.8 Å². The fourth-order valence-electron chi connectivity index (χ4n) is 3.61. The minimum Gasteiger partial charge on any atom is -0.494 e. The van der Waals surface area contributed by atoms with Gasteiger partial charge in [-0.15, -0.1) is 0 Å². The molecule has 0 aromatic heterocycles. The topological polar surface area (TPSA) is 80.3 Å². The summed E-state index contributed by atoms with van der Waals surface area (Å²) in [5.41, 5.74) is 2.81. The van der Waals surface area contributed by atoms with Gasteiger partial charge in [0.1, 0.15) is 5.75 Å². The van der Waals surface area contributed by atoms with Crippen LogP contribution in [0.25, 0.3) is 0 Å². The standard InChI is InChI=1S/C21H32N2O5/c1-4-5-10-26-17-8-6-16(7-9-17)12-23-13-21(11-18(23)19(24)22-25)27-14-20(2,3)15-28-21/h6-9,18,25H,4-5,10-15H2,1-3H3,(H,22,24)/t18-/m1/s1. The van der Waals surface area contributed by atoms with Crippen LogP contribution in [0.4, 0.5) is 0 Å². The molecule has 1 aromatic carbocycles. The van der Waals surface area contributed by atoms with E-state index in [1.54, 1.807) is 5.48 Å². The summed E-state index contributed by atoms with van der Waals surface area (Å²) in [6, 6.07) is 7.41. The zero-order valence-corrected chi connectivity index (χ0v) is 17.1. The van der Waals surface area contributed by atoms with E-state index in [-0.39, 0.29) is 5.41 Å². The maximum absolute atomic E-state index is 12.2. The Hall–Kier alpha value is -1.67. The van der Waals surface area contributed by atoms with Crippen molar-refractivity contribution in [3.05, 3.63) is 29.8 Å². The zero-order valence-electron chi connectivity index (χ0n) is 17.1. The Morgan fingerprint density at radius 3 is 2.57 bits per heavy atom. The second-order valence-electron chi connectivity index (χ2n) is 8.60. The van der Waals surface area contributed by atoms with Crippen molar-refractivity contribution in [3.8, 4) is 5.75 Å². The van der Waals surface area contributed by atoms with Crippen molar-refractivity contribution in [1.82, 2.24) is 10.4 Å². The summed E-state index contributed by atoms with van der Waals surface area (Å²) < 4.78 is 17.8. The van der Waals surface area contributed by atoms with Crippen LogP contribution < -0.4 is 10.2 Å². The Balaban J connectivity index is 1.66. The van der Waals surface area contributed by atoms with Crippen molar-refractivity contribution >= 4 is 5.91 Å². The average Bonchev–Trinajstić information content (AvgIpc) is 3.04. The summed E-state index contributed by atoms with van der Waals surface area (Å²) in [5.74, 6) is -0.384. The average molecular weight is 392 g/mol. The van der Waals surface area contributed by atoms with Gasteiger partial charge in [0.05, 0.1) is 32.4 Å². The molecule has 0 aliphatic carbocycles. The molecular weight excluding hydrogens is 360 g/mol. The van der Waals surface area contributed by atoms with Crippen molar-refractivity contribution in [2.75, 3.05) is 26.4 Å². The van der Waals surface area contributed by atoms with E-state index in [1.165, 1.54) is 0 Å². The van der Waals surface area contributed by atoms with Crippen LogP contribution in [0.2, 0.25) is 0 Å². The van der Waals surface area contributed by atoms with Crippen LogP contribution in [0.5, 0.6) is 5.75 Å². The lowest BCUT2D eigenvalue weighted by Gasteiger charge is -2.41. The molecule has 1 atom stereocenters. The molecule has 2 aliphatic rings. The van der Waals surface area contributed by atoms with Crippen molar-refractivity contribution in [2.45, 2.75) is 58.4 Å². The number of carbonyl (C=O) groups is 1. The number of unbranched alkanes of at least 4 members (excludes halogenated alkanes) is 1. The fraction of sp³-hybridized carbons (Fsp3) is 0.667. The molecule has 7 nitrogen and oxygen atoms in total. The van der Waals surface area contributed by atoms with Crippen LogP contribution in [0.1, 0.15) is 45.6 Å². The third kappa shape index (κ3) is 5.03. The lowest BCUT2D eigenvalue weighted by atomic mass is 9.94. The van der Waals surface area contributed by atoms with Crippen LogP contribution in [-0.4, -0.2) is 54.2 Å². The minimum atomic E-state index is -0.796. The molecule has 28 heavy (non-hydrogen) atoms. The number of carbonyl (C=O) groups excluding carboxylic acids is 1. The van der Waals surface area contributed by atoms with Gasteiger partial charge in [-0.1, -0.05) is 39.3 Å². The quantitative estimate of drug-likeness (QED) is 0.422. The van der Waals surface area contributed by atoms with Gasteiger partial charge in [-0.05, 0) is 24.1 Å². The molecule has 0 radical (unpaired) electrons. The lowest BCUT2D eigenvalue weighted by Crippen LogP contribution is -2.49. The van der Waals surface area contributed by atoms with E-state index in [9.17, 15) is 4.79 Å². The van der Waals surface area contributed by atoms with Crippen LogP contribution >= 0.6 is 0 Å².